The van der Waals surface area contributed by atoms with E-state index in [1.807, 2.05) is 0 Å². The summed E-state index contributed by atoms with van der Waals surface area (Å²) in [6.45, 7) is 4.21. The van der Waals surface area contributed by atoms with Gasteiger partial charge in [0.25, 0.3) is 0 Å². The first-order valence-electron chi connectivity index (χ1n) is 6.28. The van der Waals surface area contributed by atoms with Gasteiger partial charge in [0.05, 0.1) is 0 Å². The molecule has 0 aromatic rings. The minimum Gasteiger partial charge on any atom is -0.444 e. The number of ether oxygens (including phenoxy) is 1. The molecule has 20 heavy (non-hydrogen) atoms. The summed E-state index contributed by atoms with van der Waals surface area (Å²) < 4.78 is 56.8. The monoisotopic (exact) mass is 301 g/mol. The van der Waals surface area contributed by atoms with E-state index >= 15 is 0 Å². The number of aliphatic hydroxyl groups is 1. The standard InChI is InChI=1S/C12H19F4NO3/c1-10(2,3)20-9(18)17-6-4-8(13)11(19,5-7-17)12(14,15)16/h8,19H,4-7H2,1-3H3/t8-,11+/m0/s1. The summed E-state index contributed by atoms with van der Waals surface area (Å²) in [6.07, 6.45) is -9.84. The van der Waals surface area contributed by atoms with Crippen LogP contribution in [-0.2, 0) is 4.74 Å². The van der Waals surface area contributed by atoms with Crippen LogP contribution < -0.4 is 0 Å². The van der Waals surface area contributed by atoms with Crippen molar-refractivity contribution in [2.75, 3.05) is 13.1 Å². The zero-order valence-electron chi connectivity index (χ0n) is 11.6. The van der Waals surface area contributed by atoms with Crippen molar-refractivity contribution in [2.24, 2.45) is 0 Å². The topological polar surface area (TPSA) is 49.8 Å². The highest BCUT2D eigenvalue weighted by Crippen LogP contribution is 2.40. The molecule has 0 radical (unpaired) electrons. The van der Waals surface area contributed by atoms with Gasteiger partial charge < -0.3 is 14.7 Å². The second-order valence-corrected chi connectivity index (χ2v) is 5.90. The molecule has 2 atom stereocenters. The predicted molar refractivity (Wildman–Crippen MR) is 62.9 cm³/mol. The van der Waals surface area contributed by atoms with E-state index in [9.17, 15) is 27.5 Å². The Bertz CT molecular complexity index is 367. The Kier molecular flexibility index (Phi) is 4.58. The maximum atomic E-state index is 13.6. The lowest BCUT2D eigenvalue weighted by atomic mass is 9.92. The normalized spacial score (nSPS) is 29.0. The first-order chi connectivity index (χ1) is 8.87. The van der Waals surface area contributed by atoms with Gasteiger partial charge in [-0.3, -0.25) is 0 Å². The third-order valence-electron chi connectivity index (χ3n) is 3.08. The Labute approximate surface area is 114 Å². The van der Waals surface area contributed by atoms with E-state index in [0.29, 0.717) is 0 Å². The Morgan fingerprint density at radius 3 is 2.30 bits per heavy atom. The van der Waals surface area contributed by atoms with Gasteiger partial charge in [0.2, 0.25) is 0 Å². The van der Waals surface area contributed by atoms with Crippen LogP contribution in [0.15, 0.2) is 0 Å². The van der Waals surface area contributed by atoms with Gasteiger partial charge in [-0.1, -0.05) is 0 Å². The zero-order chi connectivity index (χ0) is 15.8. The van der Waals surface area contributed by atoms with Crippen molar-refractivity contribution >= 4 is 6.09 Å². The third kappa shape index (κ3) is 3.74. The number of nitrogens with zero attached hydrogens (tertiary/aromatic N) is 1. The summed E-state index contributed by atoms with van der Waals surface area (Å²) in [5, 5.41) is 9.51. The predicted octanol–water partition coefficient (Wildman–Crippen LogP) is 2.65. The van der Waals surface area contributed by atoms with Crippen LogP contribution in [0.3, 0.4) is 0 Å². The number of hydrogen-bond acceptors (Lipinski definition) is 3. The van der Waals surface area contributed by atoms with Crippen molar-refractivity contribution < 1.29 is 32.2 Å². The Balaban J connectivity index is 2.79. The van der Waals surface area contributed by atoms with Gasteiger partial charge in [0.1, 0.15) is 11.8 Å². The number of halogens is 4. The van der Waals surface area contributed by atoms with Crippen LogP contribution in [0.2, 0.25) is 0 Å². The maximum absolute atomic E-state index is 13.6. The average Bonchev–Trinajstić information content (AvgIpc) is 2.37. The van der Waals surface area contributed by atoms with E-state index in [1.165, 1.54) is 0 Å². The highest BCUT2D eigenvalue weighted by atomic mass is 19.4. The molecule has 1 fully saturated rings. The maximum Gasteiger partial charge on any atom is 0.420 e. The SMILES string of the molecule is CC(C)(C)OC(=O)N1CC[C@H](F)[C@@](O)(C(F)(F)F)CC1. The molecule has 0 aliphatic carbocycles. The van der Waals surface area contributed by atoms with Crippen LogP contribution in [0.25, 0.3) is 0 Å². The van der Waals surface area contributed by atoms with E-state index in [2.05, 4.69) is 0 Å². The Hall–Kier alpha value is -1.05. The fraction of sp³-hybridized carbons (Fsp3) is 0.917. The number of rotatable bonds is 0. The zero-order valence-corrected chi connectivity index (χ0v) is 11.6. The highest BCUT2D eigenvalue weighted by Gasteiger charge is 2.59. The fourth-order valence-electron chi connectivity index (χ4n) is 1.91. The van der Waals surface area contributed by atoms with Gasteiger partial charge in [-0.25, -0.2) is 9.18 Å². The van der Waals surface area contributed by atoms with Gasteiger partial charge in [-0.15, -0.1) is 0 Å². The van der Waals surface area contributed by atoms with E-state index in [4.69, 9.17) is 4.74 Å². The lowest BCUT2D eigenvalue weighted by molar-refractivity contribution is -0.281. The van der Waals surface area contributed by atoms with Crippen LogP contribution in [0.4, 0.5) is 22.4 Å². The van der Waals surface area contributed by atoms with E-state index in [-0.39, 0.29) is 6.54 Å². The largest absolute Gasteiger partial charge is 0.444 e. The van der Waals surface area contributed by atoms with E-state index in [0.717, 1.165) is 4.90 Å². The Morgan fingerprint density at radius 2 is 1.85 bits per heavy atom. The molecule has 0 spiro atoms. The lowest BCUT2D eigenvalue weighted by Crippen LogP contribution is -2.53. The molecule has 4 nitrogen and oxygen atoms in total. The summed E-state index contributed by atoms with van der Waals surface area (Å²) in [5.41, 5.74) is -4.21. The van der Waals surface area contributed by atoms with Crippen LogP contribution in [0.5, 0.6) is 0 Å². The Morgan fingerprint density at radius 1 is 1.30 bits per heavy atom. The smallest absolute Gasteiger partial charge is 0.420 e. The van der Waals surface area contributed by atoms with Crippen molar-refractivity contribution in [1.82, 2.24) is 4.90 Å². The number of likely N-dealkylation sites (tertiary alicyclic amines) is 1. The van der Waals surface area contributed by atoms with Crippen LogP contribution in [0, 0.1) is 0 Å². The van der Waals surface area contributed by atoms with Crippen molar-refractivity contribution in [2.45, 2.75) is 57.2 Å². The summed E-state index contributed by atoms with van der Waals surface area (Å²) in [5.74, 6) is 0. The first-order valence-corrected chi connectivity index (χ1v) is 6.28. The molecular weight excluding hydrogens is 282 g/mol. The molecule has 1 amide bonds. The van der Waals surface area contributed by atoms with Gasteiger partial charge in [-0.05, 0) is 27.2 Å². The quantitative estimate of drug-likeness (QED) is 0.700. The molecule has 1 aliphatic heterocycles. The summed E-state index contributed by atoms with van der Waals surface area (Å²) >= 11 is 0. The number of carbonyl (C=O) groups is 1. The van der Waals surface area contributed by atoms with Crippen molar-refractivity contribution in [1.29, 1.82) is 0 Å². The van der Waals surface area contributed by atoms with Crippen molar-refractivity contribution in [3.05, 3.63) is 0 Å². The molecule has 1 rings (SSSR count). The second kappa shape index (κ2) is 5.38. The summed E-state index contributed by atoms with van der Waals surface area (Å²) in [7, 11) is 0. The van der Waals surface area contributed by atoms with Crippen LogP contribution in [0.1, 0.15) is 33.6 Å². The molecule has 1 N–H and O–H groups in total. The molecule has 0 aromatic carbocycles. The molecular formula is C12H19F4NO3. The number of amides is 1. The van der Waals surface area contributed by atoms with Crippen LogP contribution in [-0.4, -0.2) is 52.7 Å². The summed E-state index contributed by atoms with van der Waals surface area (Å²) in [4.78, 5) is 12.7. The molecule has 0 saturated carbocycles. The molecule has 1 aliphatic rings. The number of carbonyl (C=O) groups excluding carboxylic acids is 1. The number of alkyl halides is 4. The second-order valence-electron chi connectivity index (χ2n) is 5.90. The van der Waals surface area contributed by atoms with E-state index in [1.54, 1.807) is 20.8 Å². The van der Waals surface area contributed by atoms with Gasteiger partial charge in [-0.2, -0.15) is 13.2 Å². The minimum atomic E-state index is -5.07. The van der Waals surface area contributed by atoms with Crippen molar-refractivity contribution in [3.63, 3.8) is 0 Å². The molecule has 118 valence electrons. The highest BCUT2D eigenvalue weighted by molar-refractivity contribution is 5.68. The van der Waals surface area contributed by atoms with Crippen molar-refractivity contribution in [3.8, 4) is 0 Å². The fourth-order valence-corrected chi connectivity index (χ4v) is 1.91. The molecule has 1 heterocycles. The molecule has 0 bridgehead atoms. The van der Waals surface area contributed by atoms with Crippen LogP contribution >= 0.6 is 0 Å². The lowest BCUT2D eigenvalue weighted by Gasteiger charge is -2.31. The first kappa shape index (κ1) is 17.0. The number of hydrogen-bond donors (Lipinski definition) is 1. The average molecular weight is 301 g/mol. The molecule has 0 unspecified atom stereocenters. The van der Waals surface area contributed by atoms with Gasteiger partial charge in [0.15, 0.2) is 5.60 Å². The van der Waals surface area contributed by atoms with Gasteiger partial charge in [0, 0.05) is 19.5 Å². The van der Waals surface area contributed by atoms with E-state index < -0.39 is 49.0 Å². The van der Waals surface area contributed by atoms with Gasteiger partial charge >= 0.3 is 12.3 Å². The third-order valence-corrected chi connectivity index (χ3v) is 3.08. The molecule has 1 saturated heterocycles. The molecule has 8 heteroatoms. The molecule has 0 aromatic heterocycles. The summed E-state index contributed by atoms with van der Waals surface area (Å²) in [6, 6.07) is 0. The minimum absolute atomic E-state index is 0.228.